The molecule has 0 bridgehead atoms. The van der Waals surface area contributed by atoms with Gasteiger partial charge in [-0.1, -0.05) is 6.92 Å². The van der Waals surface area contributed by atoms with Crippen LogP contribution in [-0.4, -0.2) is 22.1 Å². The van der Waals surface area contributed by atoms with Gasteiger partial charge in [-0.25, -0.2) is 0 Å². The number of hydrogen-bond donors (Lipinski definition) is 0. The first-order valence-electron chi connectivity index (χ1n) is 7.30. The number of fused-ring (bicyclic) bond motifs is 1. The van der Waals surface area contributed by atoms with E-state index in [0.717, 1.165) is 27.3 Å². The molecule has 0 radical (unpaired) electrons. The van der Waals surface area contributed by atoms with Gasteiger partial charge in [-0.2, -0.15) is 0 Å². The number of benzene rings is 2. The van der Waals surface area contributed by atoms with E-state index < -0.39 is 10.8 Å². The molecule has 0 N–H and O–H groups in total. The Balaban J connectivity index is 1.90. The van der Waals surface area contributed by atoms with Crippen molar-refractivity contribution < 1.29 is 13.7 Å². The Labute approximate surface area is 137 Å². The zero-order valence-electron chi connectivity index (χ0n) is 13.0. The van der Waals surface area contributed by atoms with E-state index in [-0.39, 0.29) is 0 Å². The summed E-state index contributed by atoms with van der Waals surface area (Å²) in [7, 11) is 0.678. The van der Waals surface area contributed by atoms with Crippen LogP contribution < -0.4 is 9.47 Å². The monoisotopic (exact) mass is 327 g/mol. The van der Waals surface area contributed by atoms with Crippen molar-refractivity contribution in [2.24, 2.45) is 0 Å². The molecule has 0 saturated heterocycles. The Kier molecular flexibility index (Phi) is 4.57. The number of pyridine rings is 1. The smallest absolute Gasteiger partial charge is 0.138 e. The van der Waals surface area contributed by atoms with Crippen LogP contribution in [0.2, 0.25) is 0 Å². The molecule has 0 spiro atoms. The number of rotatable bonds is 5. The van der Waals surface area contributed by atoms with Crippen molar-refractivity contribution in [3.8, 4) is 17.2 Å². The molecule has 3 aromatic rings. The Morgan fingerprint density at radius 1 is 1.04 bits per heavy atom. The second kappa shape index (κ2) is 6.79. The van der Waals surface area contributed by atoms with Crippen LogP contribution in [0.1, 0.15) is 6.92 Å². The van der Waals surface area contributed by atoms with Crippen molar-refractivity contribution in [3.63, 3.8) is 0 Å². The van der Waals surface area contributed by atoms with E-state index in [1.807, 2.05) is 55.5 Å². The van der Waals surface area contributed by atoms with Crippen molar-refractivity contribution in [2.75, 3.05) is 12.9 Å². The van der Waals surface area contributed by atoms with Gasteiger partial charge in [-0.05, 0) is 42.5 Å². The molecule has 0 fully saturated rings. The molecule has 1 atom stereocenters. The van der Waals surface area contributed by atoms with Gasteiger partial charge in [-0.15, -0.1) is 0 Å². The van der Waals surface area contributed by atoms with E-state index in [1.54, 1.807) is 13.3 Å². The van der Waals surface area contributed by atoms with Gasteiger partial charge in [0.15, 0.2) is 0 Å². The maximum atomic E-state index is 11.8. The molecule has 5 heteroatoms. The average molecular weight is 327 g/mol. The fourth-order valence-corrected chi connectivity index (χ4v) is 3.04. The standard InChI is InChI=1S/C18H17NO3S/c1-3-23(20)15-7-4-13(5-8-15)22-18-10-11-19-17-12-14(21-2)6-9-16(17)18/h4-12H,3H2,1-2H3. The van der Waals surface area contributed by atoms with Crippen LogP contribution >= 0.6 is 0 Å². The van der Waals surface area contributed by atoms with Gasteiger partial charge < -0.3 is 9.47 Å². The maximum absolute atomic E-state index is 11.8. The fourth-order valence-electron chi connectivity index (χ4n) is 2.27. The summed E-state index contributed by atoms with van der Waals surface area (Å²) in [6, 6.07) is 14.8. The summed E-state index contributed by atoms with van der Waals surface area (Å²) in [5.74, 6) is 2.79. The minimum Gasteiger partial charge on any atom is -0.497 e. The average Bonchev–Trinajstić information content (AvgIpc) is 2.61. The Bertz CT molecular complexity index is 847. The lowest BCUT2D eigenvalue weighted by molar-refractivity contribution is 0.415. The number of nitrogens with zero attached hydrogens (tertiary/aromatic N) is 1. The molecule has 0 aliphatic rings. The van der Waals surface area contributed by atoms with Crippen molar-refractivity contribution in [3.05, 3.63) is 54.7 Å². The van der Waals surface area contributed by atoms with Gasteiger partial charge in [0.05, 0.1) is 23.4 Å². The first kappa shape index (κ1) is 15.5. The molecule has 0 aliphatic carbocycles. The molecular formula is C18H17NO3S. The van der Waals surface area contributed by atoms with E-state index in [9.17, 15) is 4.21 Å². The number of methoxy groups -OCH3 is 1. The summed E-state index contributed by atoms with van der Waals surface area (Å²) in [6.45, 7) is 1.90. The third-order valence-corrected chi connectivity index (χ3v) is 4.81. The molecule has 118 valence electrons. The van der Waals surface area contributed by atoms with Crippen LogP contribution in [0.4, 0.5) is 0 Å². The minimum absolute atomic E-state index is 0.608. The highest BCUT2D eigenvalue weighted by Gasteiger charge is 2.07. The van der Waals surface area contributed by atoms with Crippen molar-refractivity contribution in [2.45, 2.75) is 11.8 Å². The van der Waals surface area contributed by atoms with E-state index in [2.05, 4.69) is 4.98 Å². The zero-order valence-corrected chi connectivity index (χ0v) is 13.8. The predicted molar refractivity (Wildman–Crippen MR) is 91.8 cm³/mol. The molecule has 1 aromatic heterocycles. The molecule has 0 saturated carbocycles. The number of hydrogen-bond acceptors (Lipinski definition) is 4. The summed E-state index contributed by atoms with van der Waals surface area (Å²) >= 11 is 0. The van der Waals surface area contributed by atoms with Crippen LogP contribution in [0, 0.1) is 0 Å². The van der Waals surface area contributed by atoms with Crippen molar-refractivity contribution in [1.82, 2.24) is 4.98 Å². The second-order valence-corrected chi connectivity index (χ2v) is 6.64. The van der Waals surface area contributed by atoms with E-state index in [4.69, 9.17) is 9.47 Å². The third kappa shape index (κ3) is 3.35. The normalized spacial score (nSPS) is 12.1. The van der Waals surface area contributed by atoms with Crippen LogP contribution in [0.3, 0.4) is 0 Å². The lowest BCUT2D eigenvalue weighted by Gasteiger charge is -2.10. The van der Waals surface area contributed by atoms with E-state index >= 15 is 0 Å². The summed E-state index contributed by atoms with van der Waals surface area (Å²) in [5.41, 5.74) is 0.811. The van der Waals surface area contributed by atoms with Gasteiger partial charge >= 0.3 is 0 Å². The largest absolute Gasteiger partial charge is 0.497 e. The zero-order chi connectivity index (χ0) is 16.2. The molecule has 0 aliphatic heterocycles. The molecule has 1 unspecified atom stereocenters. The summed E-state index contributed by atoms with van der Waals surface area (Å²) < 4.78 is 22.9. The molecule has 23 heavy (non-hydrogen) atoms. The summed E-state index contributed by atoms with van der Waals surface area (Å²) in [4.78, 5) is 5.15. The number of ether oxygens (including phenoxy) is 2. The molecule has 2 aromatic carbocycles. The van der Waals surface area contributed by atoms with Gasteiger partial charge in [0.2, 0.25) is 0 Å². The highest BCUT2D eigenvalue weighted by atomic mass is 32.2. The number of aromatic nitrogens is 1. The van der Waals surface area contributed by atoms with Crippen LogP contribution in [-0.2, 0) is 10.8 Å². The molecular weight excluding hydrogens is 310 g/mol. The molecule has 0 amide bonds. The van der Waals surface area contributed by atoms with Crippen LogP contribution in [0.5, 0.6) is 17.2 Å². The lowest BCUT2D eigenvalue weighted by atomic mass is 10.2. The Morgan fingerprint density at radius 3 is 2.48 bits per heavy atom. The van der Waals surface area contributed by atoms with Gasteiger partial charge in [0, 0.05) is 28.3 Å². The molecule has 4 nitrogen and oxygen atoms in total. The SMILES string of the molecule is CCS(=O)c1ccc(Oc2ccnc3cc(OC)ccc23)cc1. The minimum atomic E-state index is -0.951. The second-order valence-electron chi connectivity index (χ2n) is 4.90. The highest BCUT2D eigenvalue weighted by Crippen LogP contribution is 2.31. The summed E-state index contributed by atoms with van der Waals surface area (Å²) in [6.07, 6.45) is 1.71. The van der Waals surface area contributed by atoms with Crippen LogP contribution in [0.25, 0.3) is 10.9 Å². The van der Waals surface area contributed by atoms with Gasteiger partial charge in [-0.3, -0.25) is 9.19 Å². The maximum Gasteiger partial charge on any atom is 0.138 e. The summed E-state index contributed by atoms with van der Waals surface area (Å²) in [5, 5.41) is 0.912. The van der Waals surface area contributed by atoms with Crippen LogP contribution in [0.15, 0.2) is 59.6 Å². The highest BCUT2D eigenvalue weighted by molar-refractivity contribution is 7.85. The first-order chi connectivity index (χ1) is 11.2. The van der Waals surface area contributed by atoms with Gasteiger partial charge in [0.1, 0.15) is 17.2 Å². The predicted octanol–water partition coefficient (Wildman–Crippen LogP) is 4.16. The topological polar surface area (TPSA) is 48.4 Å². The lowest BCUT2D eigenvalue weighted by Crippen LogP contribution is -1.94. The fraction of sp³-hybridized carbons (Fsp3) is 0.167. The quantitative estimate of drug-likeness (QED) is 0.706. The Hall–Kier alpha value is -2.40. The first-order valence-corrected chi connectivity index (χ1v) is 8.62. The molecule has 1 heterocycles. The van der Waals surface area contributed by atoms with E-state index in [0.29, 0.717) is 11.5 Å². The van der Waals surface area contributed by atoms with Gasteiger partial charge in [0.25, 0.3) is 0 Å². The Morgan fingerprint density at radius 2 is 1.78 bits per heavy atom. The van der Waals surface area contributed by atoms with Crippen molar-refractivity contribution >= 4 is 21.7 Å². The van der Waals surface area contributed by atoms with Crippen molar-refractivity contribution in [1.29, 1.82) is 0 Å². The van der Waals surface area contributed by atoms with E-state index in [1.165, 1.54) is 0 Å². The third-order valence-electron chi connectivity index (χ3n) is 3.49. The molecule has 3 rings (SSSR count).